The molecule has 4 aromatic rings. The summed E-state index contributed by atoms with van der Waals surface area (Å²) in [6.45, 7) is 4.68. The van der Waals surface area contributed by atoms with Crippen molar-refractivity contribution >= 4 is 12.0 Å². The molecule has 0 aromatic heterocycles. The van der Waals surface area contributed by atoms with Crippen LogP contribution in [0.4, 0.5) is 0 Å². The van der Waals surface area contributed by atoms with E-state index in [1.165, 1.54) is 0 Å². The smallest absolute Gasteiger partial charge is 0.245 e. The van der Waals surface area contributed by atoms with Gasteiger partial charge in [-0.3, -0.25) is 9.69 Å². The summed E-state index contributed by atoms with van der Waals surface area (Å²) in [7, 11) is 6.78. The summed E-state index contributed by atoms with van der Waals surface area (Å²) in [6, 6.07) is 20.6. The molecule has 3 aliphatic rings. The molecule has 0 radical (unpaired) electrons. The number of aromatic hydroxyl groups is 1. The van der Waals surface area contributed by atoms with Crippen LogP contribution in [0, 0.1) is 13.8 Å². The lowest BCUT2D eigenvalue weighted by Crippen LogP contribution is -2.60. The van der Waals surface area contributed by atoms with Crippen molar-refractivity contribution < 1.29 is 33.6 Å². The maximum Gasteiger partial charge on any atom is 0.245 e. The summed E-state index contributed by atoms with van der Waals surface area (Å²) >= 11 is 0. The summed E-state index contributed by atoms with van der Waals surface area (Å²) < 4.78 is 30.8. The zero-order valence-electron chi connectivity index (χ0n) is 28.8. The number of nitrogens with zero attached hydrogens (tertiary/aromatic N) is 2. The Kier molecular flexibility index (Phi) is 8.73. The molecule has 3 heterocycles. The van der Waals surface area contributed by atoms with Gasteiger partial charge >= 0.3 is 0 Å². The van der Waals surface area contributed by atoms with Gasteiger partial charge in [0.25, 0.3) is 0 Å². The molecule has 4 aromatic carbocycles. The van der Waals surface area contributed by atoms with Gasteiger partial charge in [-0.25, -0.2) is 0 Å². The number of fused-ring (bicyclic) bond motifs is 7. The average Bonchev–Trinajstić information content (AvgIpc) is 3.11. The molecule has 9 nitrogen and oxygen atoms in total. The molecule has 3 atom stereocenters. The van der Waals surface area contributed by atoms with Gasteiger partial charge in [0.2, 0.25) is 5.91 Å². The van der Waals surface area contributed by atoms with Crippen LogP contribution in [0.15, 0.2) is 72.4 Å². The molecule has 0 aliphatic carbocycles. The second-order valence-corrected chi connectivity index (χ2v) is 12.9. The maximum absolute atomic E-state index is 14.8. The quantitative estimate of drug-likeness (QED) is 0.202. The minimum Gasteiger partial charge on any atom is -0.507 e. The summed E-state index contributed by atoms with van der Waals surface area (Å²) in [4.78, 5) is 18.7. The molecule has 0 spiro atoms. The second kappa shape index (κ2) is 13.1. The van der Waals surface area contributed by atoms with Crippen molar-refractivity contribution in [2.24, 2.45) is 0 Å². The second-order valence-electron chi connectivity index (χ2n) is 12.9. The van der Waals surface area contributed by atoms with Crippen LogP contribution < -0.4 is 18.9 Å². The molecule has 254 valence electrons. The van der Waals surface area contributed by atoms with E-state index >= 15 is 0 Å². The largest absolute Gasteiger partial charge is 0.507 e. The zero-order valence-corrected chi connectivity index (χ0v) is 28.8. The van der Waals surface area contributed by atoms with Crippen molar-refractivity contribution in [3.8, 4) is 28.7 Å². The van der Waals surface area contributed by atoms with Gasteiger partial charge < -0.3 is 33.7 Å². The highest BCUT2D eigenvalue weighted by Crippen LogP contribution is 2.57. The number of ether oxygens (including phenoxy) is 5. The number of aryl methyl sites for hydroxylation is 1. The Hall–Kier alpha value is -4.99. The first-order valence-corrected chi connectivity index (χ1v) is 16.5. The van der Waals surface area contributed by atoms with Crippen molar-refractivity contribution in [1.82, 2.24) is 9.80 Å². The number of carbonyl (C=O) groups excluding carboxylic acids is 1. The number of likely N-dealkylation sites (N-methyl/N-ethyl adjacent to an activating group) is 1. The average molecular weight is 663 g/mol. The van der Waals surface area contributed by atoms with Crippen molar-refractivity contribution in [1.29, 1.82) is 0 Å². The van der Waals surface area contributed by atoms with E-state index in [4.69, 9.17) is 23.7 Å². The van der Waals surface area contributed by atoms with Crippen molar-refractivity contribution in [3.63, 3.8) is 0 Å². The molecule has 2 bridgehead atoms. The molecule has 0 unspecified atom stereocenters. The molecule has 3 aliphatic heterocycles. The first kappa shape index (κ1) is 32.6. The lowest BCUT2D eigenvalue weighted by atomic mass is 9.78. The highest BCUT2D eigenvalue weighted by Gasteiger charge is 2.53. The molecule has 1 saturated heterocycles. The van der Waals surface area contributed by atoms with E-state index < -0.39 is 12.1 Å². The maximum atomic E-state index is 14.8. The Morgan fingerprint density at radius 3 is 2.08 bits per heavy atom. The van der Waals surface area contributed by atoms with Crippen LogP contribution in [0.5, 0.6) is 28.7 Å². The van der Waals surface area contributed by atoms with Crippen LogP contribution in [-0.2, 0) is 29.2 Å². The topological polar surface area (TPSA) is 89.9 Å². The first-order chi connectivity index (χ1) is 23.8. The Labute approximate surface area is 287 Å². The molecule has 1 fully saturated rings. The number of carbonyl (C=O) groups is 1. The van der Waals surface area contributed by atoms with Crippen LogP contribution >= 0.6 is 0 Å². The van der Waals surface area contributed by atoms with Crippen LogP contribution in [0.1, 0.15) is 56.6 Å². The van der Waals surface area contributed by atoms with Crippen molar-refractivity contribution in [2.75, 3.05) is 35.0 Å². The minimum absolute atomic E-state index is 0.0454. The highest BCUT2D eigenvalue weighted by molar-refractivity contribution is 5.91. The van der Waals surface area contributed by atoms with Crippen LogP contribution in [0.3, 0.4) is 0 Å². The Morgan fingerprint density at radius 2 is 1.45 bits per heavy atom. The number of phenolic OH excluding ortho intramolecular Hbond substituents is 1. The molecule has 7 rings (SSSR count). The molecular weight excluding hydrogens is 620 g/mol. The van der Waals surface area contributed by atoms with E-state index in [-0.39, 0.29) is 24.3 Å². The fraction of sp³-hybridized carbons (Fsp3) is 0.325. The predicted octanol–water partition coefficient (Wildman–Crippen LogP) is 6.67. The third-order valence-electron chi connectivity index (χ3n) is 10.1. The Morgan fingerprint density at radius 1 is 0.816 bits per heavy atom. The lowest BCUT2D eigenvalue weighted by molar-refractivity contribution is -0.145. The van der Waals surface area contributed by atoms with Gasteiger partial charge in [-0.1, -0.05) is 66.7 Å². The van der Waals surface area contributed by atoms with Gasteiger partial charge in [0.05, 0.1) is 52.7 Å². The third kappa shape index (κ3) is 5.37. The number of phenols is 1. The molecule has 9 heteroatoms. The molecular formula is C40H42N2O7. The number of hydrogen-bond donors (Lipinski definition) is 1. The molecule has 1 amide bonds. The molecule has 49 heavy (non-hydrogen) atoms. The highest BCUT2D eigenvalue weighted by atomic mass is 16.5. The Balaban J connectivity index is 1.41. The van der Waals surface area contributed by atoms with Gasteiger partial charge in [-0.2, -0.15) is 0 Å². The fourth-order valence-electron chi connectivity index (χ4n) is 7.78. The van der Waals surface area contributed by atoms with E-state index in [1.54, 1.807) is 28.3 Å². The van der Waals surface area contributed by atoms with Crippen LogP contribution in [0.25, 0.3) is 6.08 Å². The van der Waals surface area contributed by atoms with Crippen molar-refractivity contribution in [3.05, 3.63) is 117 Å². The Bertz CT molecular complexity index is 1930. The fourth-order valence-corrected chi connectivity index (χ4v) is 7.78. The standard InChI is InChI=1S/C40H42N2O7/c1-23-17-27-18-30-40(44)42-29(34(41(30)3)32(27)39(36(23)45-4)49-21-26-15-11-8-12-16-26)19-28-33(38(47-6)37(46-5)24(2)35(28)43)31(42)22-48-20-25-13-9-7-10-14-25/h7-17,19,30-31,34,43H,18,20-22H2,1-6H3/t30-,31-,34+/m0/s1. The van der Waals surface area contributed by atoms with E-state index in [0.717, 1.165) is 33.5 Å². The summed E-state index contributed by atoms with van der Waals surface area (Å²) in [5.74, 6) is 2.24. The zero-order chi connectivity index (χ0) is 34.4. The van der Waals surface area contributed by atoms with E-state index in [9.17, 15) is 9.90 Å². The van der Waals surface area contributed by atoms with Crippen LogP contribution in [0.2, 0.25) is 0 Å². The van der Waals surface area contributed by atoms with Gasteiger partial charge in [0.1, 0.15) is 12.4 Å². The minimum atomic E-state index is -0.608. The van der Waals surface area contributed by atoms with Gasteiger partial charge in [-0.05, 0) is 55.6 Å². The van der Waals surface area contributed by atoms with Gasteiger partial charge in [0.15, 0.2) is 23.0 Å². The van der Waals surface area contributed by atoms with E-state index in [1.807, 2.05) is 85.6 Å². The number of methoxy groups -OCH3 is 3. The lowest BCUT2D eigenvalue weighted by Gasteiger charge is -2.53. The summed E-state index contributed by atoms with van der Waals surface area (Å²) in [5, 5.41) is 11.7. The monoisotopic (exact) mass is 662 g/mol. The number of piperazine rings is 1. The van der Waals surface area contributed by atoms with Gasteiger partial charge in [-0.15, -0.1) is 0 Å². The summed E-state index contributed by atoms with van der Waals surface area (Å²) in [5.41, 5.74) is 7.48. The number of rotatable bonds is 10. The number of amides is 1. The van der Waals surface area contributed by atoms with E-state index in [2.05, 4.69) is 11.0 Å². The van der Waals surface area contributed by atoms with Gasteiger partial charge in [0, 0.05) is 28.0 Å². The van der Waals surface area contributed by atoms with Crippen LogP contribution in [-0.4, -0.2) is 61.8 Å². The molecule has 0 saturated carbocycles. The third-order valence-corrected chi connectivity index (χ3v) is 10.1. The normalized spacial score (nSPS) is 19.4. The first-order valence-electron chi connectivity index (χ1n) is 16.5. The SMILES string of the molecule is COc1c(C)cc2c(c1OCc1ccccc1)[C@H]1C3=Cc4c(O)c(C)c(OC)c(OC)c4[C@H](COCc4ccccc4)N3C(=O)[C@H](C2)N1C. The van der Waals surface area contributed by atoms with E-state index in [0.29, 0.717) is 59.3 Å². The number of benzene rings is 4. The molecule has 1 N–H and O–H groups in total. The number of hydrogen-bond acceptors (Lipinski definition) is 8. The van der Waals surface area contributed by atoms with Crippen molar-refractivity contribution in [2.45, 2.75) is 51.6 Å². The summed E-state index contributed by atoms with van der Waals surface area (Å²) in [6.07, 6.45) is 2.42. The predicted molar refractivity (Wildman–Crippen MR) is 186 cm³/mol.